The Bertz CT molecular complexity index is 1090. The van der Waals surface area contributed by atoms with Crippen molar-refractivity contribution in [2.75, 3.05) is 41.5 Å². The van der Waals surface area contributed by atoms with Crippen molar-refractivity contribution in [3.8, 4) is 23.0 Å². The summed E-state index contributed by atoms with van der Waals surface area (Å²) in [5, 5.41) is 2.91. The molecule has 1 amide bonds. The fraction of sp³-hybridized carbons (Fsp3) is 0.435. The summed E-state index contributed by atoms with van der Waals surface area (Å²) in [4.78, 5) is 12.9. The van der Waals surface area contributed by atoms with Gasteiger partial charge in [0.05, 0.1) is 39.3 Å². The van der Waals surface area contributed by atoms with Gasteiger partial charge in [-0.2, -0.15) is 4.31 Å². The highest BCUT2D eigenvalue weighted by Gasteiger charge is 2.33. The van der Waals surface area contributed by atoms with Gasteiger partial charge in [-0.3, -0.25) is 4.79 Å². The molecule has 180 valence electrons. The molecule has 33 heavy (non-hydrogen) atoms. The lowest BCUT2D eigenvalue weighted by atomic mass is 9.98. The maximum atomic E-state index is 13.2. The zero-order chi connectivity index (χ0) is 24.0. The number of ether oxygens (including phenoxy) is 4. The fourth-order valence-electron chi connectivity index (χ4n) is 3.82. The molecule has 1 aliphatic heterocycles. The van der Waals surface area contributed by atoms with Crippen LogP contribution in [-0.2, 0) is 21.4 Å². The first-order valence-corrected chi connectivity index (χ1v) is 12.0. The van der Waals surface area contributed by atoms with Crippen LogP contribution >= 0.6 is 0 Å². The molecule has 3 rings (SSSR count). The first kappa shape index (κ1) is 24.7. The summed E-state index contributed by atoms with van der Waals surface area (Å²) < 4.78 is 48.7. The highest BCUT2D eigenvalue weighted by atomic mass is 32.2. The predicted octanol–water partition coefficient (Wildman–Crippen LogP) is 2.44. The molecule has 0 saturated carbocycles. The normalized spacial score (nSPS) is 16.7. The maximum Gasteiger partial charge on any atom is 0.243 e. The predicted molar refractivity (Wildman–Crippen MR) is 122 cm³/mol. The van der Waals surface area contributed by atoms with Crippen LogP contribution in [0.25, 0.3) is 0 Å². The largest absolute Gasteiger partial charge is 0.493 e. The van der Waals surface area contributed by atoms with Gasteiger partial charge in [-0.15, -0.1) is 0 Å². The Hall–Kier alpha value is -2.98. The number of nitrogens with one attached hydrogen (secondary N) is 1. The number of hydrogen-bond donors (Lipinski definition) is 1. The number of benzene rings is 2. The molecule has 2 aromatic rings. The molecule has 0 spiro atoms. The van der Waals surface area contributed by atoms with Crippen LogP contribution in [0, 0.1) is 5.92 Å². The Kier molecular flexibility index (Phi) is 8.04. The van der Waals surface area contributed by atoms with Crippen molar-refractivity contribution in [1.82, 2.24) is 9.62 Å². The van der Waals surface area contributed by atoms with Gasteiger partial charge in [0.2, 0.25) is 15.9 Å². The Labute approximate surface area is 194 Å². The summed E-state index contributed by atoms with van der Waals surface area (Å²) in [6.07, 6.45) is 1.22. The monoisotopic (exact) mass is 478 g/mol. The topological polar surface area (TPSA) is 103 Å². The molecule has 1 saturated heterocycles. The van der Waals surface area contributed by atoms with E-state index in [1.807, 2.05) is 6.07 Å². The van der Waals surface area contributed by atoms with Gasteiger partial charge in [0.15, 0.2) is 23.0 Å². The summed E-state index contributed by atoms with van der Waals surface area (Å²) in [7, 11) is 2.27. The standard InChI is InChI=1S/C23H30N2O7S/c1-29-19-9-7-16(12-21(19)31-3)14-24-23(26)17-6-5-11-25(15-17)33(27,28)18-8-10-20(30-2)22(13-18)32-4/h7-10,12-13,17H,5-6,11,14-15H2,1-4H3,(H,24,26)/t17-/m0/s1. The number of rotatable bonds is 9. The Balaban J connectivity index is 1.68. The Morgan fingerprint density at radius 2 is 1.55 bits per heavy atom. The number of sulfonamides is 1. The van der Waals surface area contributed by atoms with E-state index in [0.29, 0.717) is 48.9 Å². The Morgan fingerprint density at radius 3 is 2.18 bits per heavy atom. The number of methoxy groups -OCH3 is 4. The van der Waals surface area contributed by atoms with Crippen molar-refractivity contribution in [1.29, 1.82) is 0 Å². The summed E-state index contributed by atoms with van der Waals surface area (Å²) in [5.74, 6) is 1.35. The molecule has 1 N–H and O–H groups in total. The van der Waals surface area contributed by atoms with E-state index in [9.17, 15) is 13.2 Å². The molecular formula is C23H30N2O7S. The van der Waals surface area contributed by atoms with Crippen LogP contribution in [0.2, 0.25) is 0 Å². The van der Waals surface area contributed by atoms with Gasteiger partial charge in [-0.25, -0.2) is 8.42 Å². The molecule has 1 fully saturated rings. The minimum atomic E-state index is -3.78. The molecule has 2 aromatic carbocycles. The van der Waals surface area contributed by atoms with Gasteiger partial charge in [0, 0.05) is 25.7 Å². The number of amides is 1. The third-order valence-electron chi connectivity index (χ3n) is 5.66. The summed E-state index contributed by atoms with van der Waals surface area (Å²) in [6.45, 7) is 0.780. The van der Waals surface area contributed by atoms with Gasteiger partial charge >= 0.3 is 0 Å². The summed E-state index contributed by atoms with van der Waals surface area (Å²) >= 11 is 0. The highest BCUT2D eigenvalue weighted by Crippen LogP contribution is 2.32. The number of carbonyl (C=O) groups excluding carboxylic acids is 1. The SMILES string of the molecule is COc1ccc(CNC(=O)[C@H]2CCCN(S(=O)(=O)c3ccc(OC)c(OC)c3)C2)cc1OC. The van der Waals surface area contributed by atoms with Gasteiger partial charge in [0.25, 0.3) is 0 Å². The molecule has 1 atom stereocenters. The number of carbonyl (C=O) groups is 1. The quantitative estimate of drug-likeness (QED) is 0.590. The molecule has 0 unspecified atom stereocenters. The van der Waals surface area contributed by atoms with Crippen LogP contribution in [0.15, 0.2) is 41.3 Å². The van der Waals surface area contributed by atoms with Crippen molar-refractivity contribution < 1.29 is 32.2 Å². The number of piperidine rings is 1. The van der Waals surface area contributed by atoms with E-state index in [0.717, 1.165) is 5.56 Å². The molecule has 1 heterocycles. The van der Waals surface area contributed by atoms with Crippen molar-refractivity contribution in [2.45, 2.75) is 24.3 Å². The minimum absolute atomic E-state index is 0.103. The highest BCUT2D eigenvalue weighted by molar-refractivity contribution is 7.89. The van der Waals surface area contributed by atoms with Crippen molar-refractivity contribution in [3.05, 3.63) is 42.0 Å². The van der Waals surface area contributed by atoms with Crippen molar-refractivity contribution in [3.63, 3.8) is 0 Å². The van der Waals surface area contributed by atoms with E-state index < -0.39 is 15.9 Å². The van der Waals surface area contributed by atoms with Gasteiger partial charge < -0.3 is 24.3 Å². The van der Waals surface area contributed by atoms with Crippen LogP contribution < -0.4 is 24.3 Å². The lowest BCUT2D eigenvalue weighted by Gasteiger charge is -2.31. The van der Waals surface area contributed by atoms with E-state index in [4.69, 9.17) is 18.9 Å². The second-order valence-electron chi connectivity index (χ2n) is 7.63. The third kappa shape index (κ3) is 5.51. The van der Waals surface area contributed by atoms with Crippen LogP contribution in [-0.4, -0.2) is 60.2 Å². The molecule has 0 bridgehead atoms. The average Bonchev–Trinajstić information content (AvgIpc) is 2.86. The minimum Gasteiger partial charge on any atom is -0.493 e. The van der Waals surface area contributed by atoms with E-state index in [1.165, 1.54) is 30.7 Å². The number of hydrogen-bond acceptors (Lipinski definition) is 7. The van der Waals surface area contributed by atoms with Crippen LogP contribution in [0.1, 0.15) is 18.4 Å². The third-order valence-corrected chi connectivity index (χ3v) is 7.52. The molecule has 9 nitrogen and oxygen atoms in total. The molecular weight excluding hydrogens is 448 g/mol. The van der Waals surface area contributed by atoms with E-state index in [1.54, 1.807) is 32.4 Å². The second-order valence-corrected chi connectivity index (χ2v) is 9.56. The molecule has 0 aromatic heterocycles. The van der Waals surface area contributed by atoms with Crippen molar-refractivity contribution >= 4 is 15.9 Å². The van der Waals surface area contributed by atoms with Crippen LogP contribution in [0.4, 0.5) is 0 Å². The molecule has 10 heteroatoms. The van der Waals surface area contributed by atoms with E-state index in [-0.39, 0.29) is 17.3 Å². The molecule has 0 aliphatic carbocycles. The lowest BCUT2D eigenvalue weighted by molar-refractivity contribution is -0.126. The Morgan fingerprint density at radius 1 is 0.939 bits per heavy atom. The van der Waals surface area contributed by atoms with E-state index >= 15 is 0 Å². The smallest absolute Gasteiger partial charge is 0.243 e. The summed E-state index contributed by atoms with van der Waals surface area (Å²) in [6, 6.07) is 9.90. The molecule has 1 aliphatic rings. The first-order chi connectivity index (χ1) is 15.8. The van der Waals surface area contributed by atoms with E-state index in [2.05, 4.69) is 5.32 Å². The first-order valence-electron chi connectivity index (χ1n) is 10.5. The molecule has 0 radical (unpaired) electrons. The van der Waals surface area contributed by atoms with Crippen molar-refractivity contribution in [2.24, 2.45) is 5.92 Å². The zero-order valence-corrected chi connectivity index (χ0v) is 20.1. The van der Waals surface area contributed by atoms with Crippen LogP contribution in [0.3, 0.4) is 0 Å². The maximum absolute atomic E-state index is 13.2. The number of nitrogens with zero attached hydrogens (tertiary/aromatic N) is 1. The lowest BCUT2D eigenvalue weighted by Crippen LogP contribution is -2.45. The van der Waals surface area contributed by atoms with Gasteiger partial charge in [-0.05, 0) is 42.7 Å². The summed E-state index contributed by atoms with van der Waals surface area (Å²) in [5.41, 5.74) is 0.853. The zero-order valence-electron chi connectivity index (χ0n) is 19.3. The fourth-order valence-corrected chi connectivity index (χ4v) is 5.36. The average molecular weight is 479 g/mol. The second kappa shape index (κ2) is 10.8. The van der Waals surface area contributed by atoms with Gasteiger partial charge in [-0.1, -0.05) is 6.07 Å². The van der Waals surface area contributed by atoms with Gasteiger partial charge in [0.1, 0.15) is 0 Å². The van der Waals surface area contributed by atoms with Crippen LogP contribution in [0.5, 0.6) is 23.0 Å².